The van der Waals surface area contributed by atoms with Gasteiger partial charge in [-0.1, -0.05) is 133 Å². The average molecular weight is 775 g/mol. The predicted molar refractivity (Wildman–Crippen MR) is 252 cm³/mol. The Hall–Kier alpha value is -6.98. The number of rotatable bonds is 6. The maximum absolute atomic E-state index is 2.51. The fourth-order valence-corrected chi connectivity index (χ4v) is 11.3. The zero-order valence-corrected chi connectivity index (χ0v) is 33.0. The minimum atomic E-state index is 1.11. The highest BCUT2D eigenvalue weighted by Crippen LogP contribution is 2.50. The van der Waals surface area contributed by atoms with E-state index in [1.807, 2.05) is 22.7 Å². The zero-order chi connectivity index (χ0) is 38.2. The monoisotopic (exact) mass is 774 g/mol. The van der Waals surface area contributed by atoms with Gasteiger partial charge in [0.1, 0.15) is 0 Å². The molecule has 0 atom stereocenters. The first-order chi connectivity index (χ1) is 28.8. The van der Waals surface area contributed by atoms with Crippen molar-refractivity contribution in [3.05, 3.63) is 206 Å². The molecule has 0 unspecified atom stereocenters. The Morgan fingerprint density at radius 1 is 0.362 bits per heavy atom. The number of benzene rings is 9. The number of para-hydroxylation sites is 2. The highest BCUT2D eigenvalue weighted by molar-refractivity contribution is 7.26. The Kier molecular flexibility index (Phi) is 7.62. The standard InChI is InChI=1S/C54H34N2S2/c1-4-14-35(15-5-1)37-24-30-51-45(32-37)46-33-39(26-31-52(46)57-51)55(40-25-27-43-42-20-10-12-22-47(42)56(49(43)34-40)38-18-8-3-9-19-38)48-29-28-41(36-16-6-2-7-17-36)54-53(48)44-21-11-13-23-50(44)58-54/h1-34H. The van der Waals surface area contributed by atoms with Gasteiger partial charge in [0.15, 0.2) is 0 Å². The smallest absolute Gasteiger partial charge is 0.0561 e. The maximum atomic E-state index is 2.51. The molecule has 272 valence electrons. The van der Waals surface area contributed by atoms with Crippen LogP contribution in [0.5, 0.6) is 0 Å². The molecule has 0 saturated heterocycles. The molecule has 2 nitrogen and oxygen atoms in total. The second kappa shape index (κ2) is 13.3. The van der Waals surface area contributed by atoms with Crippen LogP contribution in [0.4, 0.5) is 17.1 Å². The van der Waals surface area contributed by atoms with Crippen LogP contribution in [0.3, 0.4) is 0 Å². The van der Waals surface area contributed by atoms with Gasteiger partial charge in [0.25, 0.3) is 0 Å². The molecular formula is C54H34N2S2. The number of hydrogen-bond donors (Lipinski definition) is 0. The van der Waals surface area contributed by atoms with Gasteiger partial charge in [-0.3, -0.25) is 0 Å². The lowest BCUT2D eigenvalue weighted by Gasteiger charge is -2.27. The van der Waals surface area contributed by atoms with E-state index in [-0.39, 0.29) is 0 Å². The van der Waals surface area contributed by atoms with Gasteiger partial charge < -0.3 is 9.47 Å². The topological polar surface area (TPSA) is 8.17 Å². The van der Waals surface area contributed by atoms with Gasteiger partial charge >= 0.3 is 0 Å². The van der Waals surface area contributed by atoms with Crippen molar-refractivity contribution in [2.75, 3.05) is 4.90 Å². The van der Waals surface area contributed by atoms with E-state index in [1.165, 1.54) is 84.4 Å². The van der Waals surface area contributed by atoms with Crippen molar-refractivity contribution in [2.24, 2.45) is 0 Å². The minimum Gasteiger partial charge on any atom is -0.310 e. The lowest BCUT2D eigenvalue weighted by atomic mass is 9.99. The van der Waals surface area contributed by atoms with Gasteiger partial charge in [0, 0.05) is 68.2 Å². The Bertz CT molecular complexity index is 3500. The van der Waals surface area contributed by atoms with Crippen molar-refractivity contribution in [3.8, 4) is 27.9 Å². The largest absolute Gasteiger partial charge is 0.310 e. The highest BCUT2D eigenvalue weighted by atomic mass is 32.1. The second-order valence-electron chi connectivity index (χ2n) is 14.9. The molecule has 12 rings (SSSR count). The first kappa shape index (κ1) is 33.2. The summed E-state index contributed by atoms with van der Waals surface area (Å²) >= 11 is 3.75. The molecule has 0 bridgehead atoms. The third kappa shape index (κ3) is 5.23. The van der Waals surface area contributed by atoms with Crippen molar-refractivity contribution in [1.29, 1.82) is 0 Å². The zero-order valence-electron chi connectivity index (χ0n) is 31.3. The van der Waals surface area contributed by atoms with Crippen LogP contribution in [-0.2, 0) is 0 Å². The third-order valence-electron chi connectivity index (χ3n) is 11.6. The van der Waals surface area contributed by atoms with E-state index < -0.39 is 0 Å². The first-order valence-electron chi connectivity index (χ1n) is 19.7. The van der Waals surface area contributed by atoms with Gasteiger partial charge in [-0.25, -0.2) is 0 Å². The molecule has 0 N–H and O–H groups in total. The van der Waals surface area contributed by atoms with Crippen LogP contribution in [0.25, 0.3) is 90.1 Å². The number of hydrogen-bond acceptors (Lipinski definition) is 3. The van der Waals surface area contributed by atoms with Crippen LogP contribution in [-0.4, -0.2) is 4.57 Å². The second-order valence-corrected chi connectivity index (χ2v) is 17.0. The van der Waals surface area contributed by atoms with Gasteiger partial charge in [-0.2, -0.15) is 0 Å². The van der Waals surface area contributed by atoms with Gasteiger partial charge in [-0.05, 0) is 95.1 Å². The fourth-order valence-electron chi connectivity index (χ4n) is 8.94. The minimum absolute atomic E-state index is 1.11. The third-order valence-corrected chi connectivity index (χ3v) is 13.9. The molecule has 0 fully saturated rings. The number of fused-ring (bicyclic) bond motifs is 9. The van der Waals surface area contributed by atoms with Crippen LogP contribution >= 0.6 is 22.7 Å². The predicted octanol–water partition coefficient (Wildman–Crippen LogP) is 16.3. The fraction of sp³-hybridized carbons (Fsp3) is 0. The normalized spacial score (nSPS) is 11.8. The van der Waals surface area contributed by atoms with Crippen molar-refractivity contribution in [3.63, 3.8) is 0 Å². The summed E-state index contributed by atoms with van der Waals surface area (Å²) in [6.45, 7) is 0. The van der Waals surface area contributed by atoms with Crippen LogP contribution in [0.1, 0.15) is 0 Å². The Morgan fingerprint density at radius 2 is 0.966 bits per heavy atom. The van der Waals surface area contributed by atoms with Crippen LogP contribution in [0, 0.1) is 0 Å². The number of nitrogens with zero attached hydrogens (tertiary/aromatic N) is 2. The van der Waals surface area contributed by atoms with Crippen LogP contribution in [0.15, 0.2) is 206 Å². The molecule has 0 spiro atoms. The lowest BCUT2D eigenvalue weighted by Crippen LogP contribution is -2.10. The van der Waals surface area contributed by atoms with Crippen molar-refractivity contribution in [2.45, 2.75) is 0 Å². The molecule has 3 aromatic heterocycles. The summed E-state index contributed by atoms with van der Waals surface area (Å²) in [6.07, 6.45) is 0. The first-order valence-corrected chi connectivity index (χ1v) is 21.3. The van der Waals surface area contributed by atoms with E-state index in [9.17, 15) is 0 Å². The maximum Gasteiger partial charge on any atom is 0.0561 e. The highest BCUT2D eigenvalue weighted by Gasteiger charge is 2.23. The van der Waals surface area contributed by atoms with Crippen LogP contribution in [0.2, 0.25) is 0 Å². The number of anilines is 3. The molecule has 0 radical (unpaired) electrons. The number of aromatic nitrogens is 1. The summed E-state index contributed by atoms with van der Waals surface area (Å²) in [7, 11) is 0. The van der Waals surface area contributed by atoms with Crippen molar-refractivity contribution in [1.82, 2.24) is 4.57 Å². The molecule has 12 aromatic rings. The van der Waals surface area contributed by atoms with Crippen molar-refractivity contribution < 1.29 is 0 Å². The average Bonchev–Trinajstić information content (AvgIpc) is 3.97. The van der Waals surface area contributed by atoms with E-state index in [0.29, 0.717) is 0 Å². The summed E-state index contributed by atoms with van der Waals surface area (Å²) in [6, 6.07) is 75.7. The van der Waals surface area contributed by atoms with E-state index in [2.05, 4.69) is 216 Å². The number of thiophene rings is 2. The molecule has 4 heteroatoms. The lowest BCUT2D eigenvalue weighted by molar-refractivity contribution is 1.18. The summed E-state index contributed by atoms with van der Waals surface area (Å²) in [5, 5.41) is 7.58. The van der Waals surface area contributed by atoms with E-state index in [0.717, 1.165) is 22.7 Å². The van der Waals surface area contributed by atoms with Crippen molar-refractivity contribution >= 4 is 102 Å². The molecule has 0 aliphatic heterocycles. The van der Waals surface area contributed by atoms with E-state index in [1.54, 1.807) is 0 Å². The summed E-state index contributed by atoms with van der Waals surface area (Å²) in [5.74, 6) is 0. The molecule has 9 aromatic carbocycles. The van der Waals surface area contributed by atoms with Crippen LogP contribution < -0.4 is 4.90 Å². The summed E-state index contributed by atoms with van der Waals surface area (Å²) in [4.78, 5) is 2.51. The molecule has 0 aliphatic rings. The molecule has 58 heavy (non-hydrogen) atoms. The molecule has 0 aliphatic carbocycles. The molecule has 3 heterocycles. The van der Waals surface area contributed by atoms with Gasteiger partial charge in [0.2, 0.25) is 0 Å². The Balaban J connectivity index is 1.16. The Morgan fingerprint density at radius 3 is 1.78 bits per heavy atom. The van der Waals surface area contributed by atoms with E-state index in [4.69, 9.17) is 0 Å². The quantitative estimate of drug-likeness (QED) is 0.163. The van der Waals surface area contributed by atoms with Gasteiger partial charge in [0.05, 0.1) is 16.7 Å². The van der Waals surface area contributed by atoms with E-state index >= 15 is 0 Å². The summed E-state index contributed by atoms with van der Waals surface area (Å²) < 4.78 is 7.58. The molecule has 0 saturated carbocycles. The summed E-state index contributed by atoms with van der Waals surface area (Å²) in [5.41, 5.74) is 11.9. The Labute approximate surface area is 343 Å². The molecule has 0 amide bonds. The van der Waals surface area contributed by atoms with Gasteiger partial charge in [-0.15, -0.1) is 22.7 Å². The molecular weight excluding hydrogens is 741 g/mol. The SMILES string of the molecule is c1ccc(-c2ccc3sc4ccc(N(c5ccc6c7ccccc7n(-c7ccccc7)c6c5)c5ccc(-c6ccccc6)c6sc7ccccc7c56)cc4c3c2)cc1.